The van der Waals surface area contributed by atoms with Crippen LogP contribution in [-0.4, -0.2) is 0 Å². The maximum absolute atomic E-state index is 3.34. The van der Waals surface area contributed by atoms with Crippen LogP contribution in [0.5, 0.6) is 0 Å². The molecule has 1 unspecified atom stereocenters. The van der Waals surface area contributed by atoms with E-state index in [1.807, 2.05) is 0 Å². The molecule has 1 atom stereocenters. The molecule has 0 heteroatoms. The second-order valence-electron chi connectivity index (χ2n) is 12.3. The van der Waals surface area contributed by atoms with Crippen LogP contribution in [0.2, 0.25) is 0 Å². The van der Waals surface area contributed by atoms with Crippen molar-refractivity contribution in [1.82, 2.24) is 0 Å². The van der Waals surface area contributed by atoms with Crippen LogP contribution in [0.15, 0.2) is 145 Å². The van der Waals surface area contributed by atoms with E-state index in [2.05, 4.69) is 157 Å². The molecule has 0 saturated heterocycles. The van der Waals surface area contributed by atoms with Crippen LogP contribution < -0.4 is 0 Å². The zero-order chi connectivity index (χ0) is 28.8. The second kappa shape index (κ2) is 8.91. The van der Waals surface area contributed by atoms with E-state index in [1.165, 1.54) is 93.2 Å². The highest BCUT2D eigenvalue weighted by atomic mass is 14.2. The molecule has 10 rings (SSSR count). The fourth-order valence-electron chi connectivity index (χ4n) is 7.69. The van der Waals surface area contributed by atoms with E-state index in [4.69, 9.17) is 0 Å². The van der Waals surface area contributed by atoms with Gasteiger partial charge in [0.15, 0.2) is 0 Å². The van der Waals surface area contributed by atoms with Gasteiger partial charge in [-0.05, 0) is 148 Å². The summed E-state index contributed by atoms with van der Waals surface area (Å²) in [5.74, 6) is 0.307. The zero-order valence-corrected chi connectivity index (χ0v) is 24.0. The van der Waals surface area contributed by atoms with Crippen LogP contribution in [-0.2, 0) is 0 Å². The van der Waals surface area contributed by atoms with Gasteiger partial charge < -0.3 is 0 Å². The molecule has 0 heterocycles. The quantitative estimate of drug-likeness (QED) is 0.150. The Morgan fingerprint density at radius 3 is 1.70 bits per heavy atom. The average Bonchev–Trinajstić information content (AvgIpc) is 3.09. The van der Waals surface area contributed by atoms with E-state index in [0.29, 0.717) is 5.92 Å². The number of benzene rings is 8. The zero-order valence-electron chi connectivity index (χ0n) is 24.0. The Bertz CT molecular complexity index is 2510. The summed E-state index contributed by atoms with van der Waals surface area (Å²) in [6.45, 7) is 0. The third-order valence-electron chi connectivity index (χ3n) is 9.72. The van der Waals surface area contributed by atoms with Gasteiger partial charge in [-0.15, -0.1) is 5.73 Å². The highest BCUT2D eigenvalue weighted by Gasteiger charge is 2.21. The van der Waals surface area contributed by atoms with Crippen molar-refractivity contribution < 1.29 is 0 Å². The van der Waals surface area contributed by atoms with Gasteiger partial charge in [0.2, 0.25) is 0 Å². The lowest BCUT2D eigenvalue weighted by Crippen LogP contribution is -2.03. The third-order valence-corrected chi connectivity index (χ3v) is 9.72. The summed E-state index contributed by atoms with van der Waals surface area (Å²) in [5.41, 5.74) is 14.7. The number of rotatable bonds is 3. The van der Waals surface area contributed by atoms with Crippen LogP contribution in [0.1, 0.15) is 22.6 Å². The predicted molar refractivity (Wildman–Crippen MR) is 188 cm³/mol. The van der Waals surface area contributed by atoms with E-state index in [0.717, 1.165) is 0 Å². The summed E-state index contributed by atoms with van der Waals surface area (Å²) in [4.78, 5) is 0. The number of hydrogen-bond donors (Lipinski definition) is 0. The summed E-state index contributed by atoms with van der Waals surface area (Å²) in [6.07, 6.45) is 8.92. The molecule has 0 aromatic heterocycles. The van der Waals surface area contributed by atoms with Gasteiger partial charge in [0.05, 0.1) is 0 Å². The molecular weight excluding hydrogens is 528 g/mol. The Morgan fingerprint density at radius 2 is 0.977 bits per heavy atom. The SMILES string of the molecule is C1=Cc2ccc3cc(-c4cc(-c5ccccc5)cc(-c5cc6ccc7cccc8ccc(c5)c6c78)c4)cc4c3c2C(C=1)C=C4. The summed E-state index contributed by atoms with van der Waals surface area (Å²) in [6, 6.07) is 47.6. The number of allylic oxidation sites excluding steroid dienone is 2. The Labute approximate surface area is 255 Å². The van der Waals surface area contributed by atoms with Crippen molar-refractivity contribution >= 4 is 55.2 Å². The second-order valence-corrected chi connectivity index (χ2v) is 12.3. The molecule has 0 spiro atoms. The normalized spacial score (nSPS) is 14.9. The summed E-state index contributed by atoms with van der Waals surface area (Å²) >= 11 is 0. The van der Waals surface area contributed by atoms with E-state index < -0.39 is 0 Å². The summed E-state index contributed by atoms with van der Waals surface area (Å²) in [7, 11) is 0. The van der Waals surface area contributed by atoms with Crippen molar-refractivity contribution in [3.63, 3.8) is 0 Å². The Balaban J connectivity index is 1.21. The Morgan fingerprint density at radius 1 is 0.409 bits per heavy atom. The van der Waals surface area contributed by atoms with Gasteiger partial charge >= 0.3 is 0 Å². The Hall–Kier alpha value is -5.68. The average molecular weight is 555 g/mol. The molecule has 44 heavy (non-hydrogen) atoms. The molecule has 0 fully saturated rings. The van der Waals surface area contributed by atoms with Gasteiger partial charge in [0.1, 0.15) is 0 Å². The predicted octanol–water partition coefficient (Wildman–Crippen LogP) is 12.0. The lowest BCUT2D eigenvalue weighted by molar-refractivity contribution is 1.09. The molecule has 8 aromatic rings. The highest BCUT2D eigenvalue weighted by molar-refractivity contribution is 6.23. The fraction of sp³-hybridized carbons (Fsp3) is 0.0227. The highest BCUT2D eigenvalue weighted by Crippen LogP contribution is 2.43. The van der Waals surface area contributed by atoms with Gasteiger partial charge in [-0.3, -0.25) is 0 Å². The first-order chi connectivity index (χ1) is 21.8. The monoisotopic (exact) mass is 554 g/mol. The van der Waals surface area contributed by atoms with Crippen LogP contribution in [0.4, 0.5) is 0 Å². The van der Waals surface area contributed by atoms with Gasteiger partial charge in [-0.2, -0.15) is 0 Å². The molecule has 2 aliphatic rings. The lowest BCUT2D eigenvalue weighted by Gasteiger charge is -2.23. The summed E-state index contributed by atoms with van der Waals surface area (Å²) in [5, 5.41) is 10.6. The van der Waals surface area contributed by atoms with E-state index in [1.54, 1.807) is 0 Å². The molecule has 0 aliphatic heterocycles. The maximum Gasteiger partial charge on any atom is 0.0289 e. The first kappa shape index (κ1) is 23.8. The van der Waals surface area contributed by atoms with Crippen LogP contribution >= 0.6 is 0 Å². The smallest absolute Gasteiger partial charge is 0.0289 e. The maximum atomic E-state index is 3.34. The van der Waals surface area contributed by atoms with Crippen molar-refractivity contribution in [2.24, 2.45) is 0 Å². The minimum atomic E-state index is 0.307. The first-order valence-electron chi connectivity index (χ1n) is 15.4. The van der Waals surface area contributed by atoms with Crippen molar-refractivity contribution in [3.05, 3.63) is 162 Å². The molecule has 2 aliphatic carbocycles. The van der Waals surface area contributed by atoms with Gasteiger partial charge in [-0.25, -0.2) is 0 Å². The van der Waals surface area contributed by atoms with Crippen LogP contribution in [0, 0.1) is 0 Å². The molecule has 0 nitrogen and oxygen atoms in total. The fourth-order valence-corrected chi connectivity index (χ4v) is 7.69. The van der Waals surface area contributed by atoms with Crippen molar-refractivity contribution in [1.29, 1.82) is 0 Å². The lowest BCUT2D eigenvalue weighted by atomic mass is 9.80. The van der Waals surface area contributed by atoms with Crippen molar-refractivity contribution in [2.75, 3.05) is 0 Å². The van der Waals surface area contributed by atoms with Gasteiger partial charge in [0.25, 0.3) is 0 Å². The van der Waals surface area contributed by atoms with E-state index >= 15 is 0 Å². The number of hydrogen-bond acceptors (Lipinski definition) is 0. The van der Waals surface area contributed by atoms with Gasteiger partial charge in [0, 0.05) is 5.92 Å². The third kappa shape index (κ3) is 3.47. The van der Waals surface area contributed by atoms with E-state index in [-0.39, 0.29) is 0 Å². The molecule has 202 valence electrons. The first-order valence-corrected chi connectivity index (χ1v) is 15.4. The topological polar surface area (TPSA) is 0 Å². The standard InChI is InChI=1S/C44H26/c1-2-6-27(7-3-1)36-24-39(37-20-32-16-12-28-8-4-9-29-13-17-33(21-37)43(32)41(28)29)26-40(25-36)38-22-34-18-14-30-10-5-11-31-15-19-35(23-38)44(34)42(30)31/h1-4,6-26,30H. The summed E-state index contributed by atoms with van der Waals surface area (Å²) < 4.78 is 0. The van der Waals surface area contributed by atoms with Crippen molar-refractivity contribution in [3.8, 4) is 33.4 Å². The largest absolute Gasteiger partial charge is 0.124 e. The molecule has 8 aromatic carbocycles. The molecule has 0 radical (unpaired) electrons. The van der Waals surface area contributed by atoms with Crippen LogP contribution in [0.3, 0.4) is 0 Å². The minimum Gasteiger partial charge on any atom is -0.124 e. The molecule has 0 bridgehead atoms. The Kier molecular flexibility index (Phi) is 4.83. The molecule has 0 amide bonds. The van der Waals surface area contributed by atoms with Crippen molar-refractivity contribution in [2.45, 2.75) is 5.92 Å². The molecular formula is C44H26. The van der Waals surface area contributed by atoms with E-state index in [9.17, 15) is 0 Å². The van der Waals surface area contributed by atoms with Gasteiger partial charge in [-0.1, -0.05) is 97.1 Å². The molecule has 0 saturated carbocycles. The molecule has 0 N–H and O–H groups in total. The van der Waals surface area contributed by atoms with Crippen LogP contribution in [0.25, 0.3) is 88.6 Å². The minimum absolute atomic E-state index is 0.307.